The number of halogens is 3. The molecule has 6 nitrogen and oxygen atoms in total. The van der Waals surface area contributed by atoms with Crippen LogP contribution in [-0.2, 0) is 17.9 Å². The van der Waals surface area contributed by atoms with Gasteiger partial charge in [0, 0.05) is 12.5 Å². The molecule has 0 unspecified atom stereocenters. The van der Waals surface area contributed by atoms with Crippen molar-refractivity contribution >= 4 is 22.5 Å². The molecule has 0 aliphatic heterocycles. The smallest absolute Gasteiger partial charge is 0.367 e. The Hall–Kier alpha value is -2.20. The normalized spacial score (nSPS) is 14.3. The van der Waals surface area contributed by atoms with E-state index in [1.54, 1.807) is 24.3 Å². The van der Waals surface area contributed by atoms with Gasteiger partial charge in [0.05, 0.1) is 6.61 Å². The van der Waals surface area contributed by atoms with Gasteiger partial charge in [0.1, 0.15) is 11.6 Å². The van der Waals surface area contributed by atoms with Crippen molar-refractivity contribution in [1.29, 1.82) is 0 Å². The summed E-state index contributed by atoms with van der Waals surface area (Å²) in [7, 11) is 0. The third-order valence-corrected chi connectivity index (χ3v) is 4.60. The number of benzene rings is 1. The van der Waals surface area contributed by atoms with Gasteiger partial charge in [-0.1, -0.05) is 35.6 Å². The number of carbonyl (C=O) groups is 1. The first-order valence-corrected chi connectivity index (χ1v) is 8.81. The predicted molar refractivity (Wildman–Crippen MR) is 89.9 cm³/mol. The third kappa shape index (κ3) is 5.95. The number of alkyl halides is 3. The second-order valence-electron chi connectivity index (χ2n) is 5.95. The number of nitrogens with one attached hydrogen (secondary N) is 2. The number of aromatic nitrogens is 2. The van der Waals surface area contributed by atoms with Crippen LogP contribution in [0.2, 0.25) is 0 Å². The van der Waals surface area contributed by atoms with Gasteiger partial charge in [-0.15, -0.1) is 10.2 Å². The van der Waals surface area contributed by atoms with E-state index >= 15 is 0 Å². The molecule has 0 atom stereocenters. The SMILES string of the molecule is O=C(NCc1ccc(COCC(F)(F)F)cc1)Nc1nnc(C2CC2)s1. The van der Waals surface area contributed by atoms with Gasteiger partial charge in [-0.3, -0.25) is 5.32 Å². The highest BCUT2D eigenvalue weighted by atomic mass is 32.1. The number of hydrogen-bond donors (Lipinski definition) is 2. The van der Waals surface area contributed by atoms with Crippen LogP contribution >= 0.6 is 11.3 Å². The van der Waals surface area contributed by atoms with Crippen LogP contribution in [0.4, 0.5) is 23.1 Å². The Morgan fingerprint density at radius 1 is 1.19 bits per heavy atom. The summed E-state index contributed by atoms with van der Waals surface area (Å²) in [5, 5.41) is 14.7. The summed E-state index contributed by atoms with van der Waals surface area (Å²) in [6.07, 6.45) is -2.08. The van der Waals surface area contributed by atoms with Crippen LogP contribution in [0.3, 0.4) is 0 Å². The molecule has 1 aromatic carbocycles. The van der Waals surface area contributed by atoms with Gasteiger partial charge in [0.25, 0.3) is 0 Å². The molecule has 0 saturated heterocycles. The second kappa shape index (κ2) is 8.00. The van der Waals surface area contributed by atoms with Gasteiger partial charge >= 0.3 is 12.2 Å². The molecule has 2 amide bonds. The molecule has 1 heterocycles. The maximum atomic E-state index is 12.0. The molecule has 1 aliphatic carbocycles. The molecule has 1 saturated carbocycles. The Balaban J connectivity index is 1.40. The van der Waals surface area contributed by atoms with Crippen LogP contribution in [0.15, 0.2) is 24.3 Å². The number of nitrogens with zero attached hydrogens (tertiary/aromatic N) is 2. The van der Waals surface area contributed by atoms with Crippen LogP contribution < -0.4 is 10.6 Å². The Morgan fingerprint density at radius 3 is 2.54 bits per heavy atom. The molecule has 1 fully saturated rings. The zero-order chi connectivity index (χ0) is 18.6. The maximum absolute atomic E-state index is 12.0. The van der Waals surface area contributed by atoms with E-state index in [-0.39, 0.29) is 19.2 Å². The molecule has 0 bridgehead atoms. The molecular formula is C16H17F3N4O2S. The van der Waals surface area contributed by atoms with Gasteiger partial charge in [0.15, 0.2) is 0 Å². The van der Waals surface area contributed by atoms with E-state index in [0.29, 0.717) is 16.6 Å². The van der Waals surface area contributed by atoms with E-state index in [9.17, 15) is 18.0 Å². The van der Waals surface area contributed by atoms with Crippen LogP contribution in [-0.4, -0.2) is 29.0 Å². The summed E-state index contributed by atoms with van der Waals surface area (Å²) in [6, 6.07) is 6.39. The van der Waals surface area contributed by atoms with Gasteiger partial charge in [-0.05, 0) is 24.0 Å². The largest absolute Gasteiger partial charge is 0.411 e. The van der Waals surface area contributed by atoms with Gasteiger partial charge < -0.3 is 10.1 Å². The molecule has 1 aliphatic rings. The molecule has 0 spiro atoms. The van der Waals surface area contributed by atoms with Crippen molar-refractivity contribution in [3.8, 4) is 0 Å². The lowest BCUT2D eigenvalue weighted by Crippen LogP contribution is -2.28. The summed E-state index contributed by atoms with van der Waals surface area (Å²) < 4.78 is 40.7. The van der Waals surface area contributed by atoms with Crippen LogP contribution in [0.1, 0.15) is 34.9 Å². The molecule has 1 aromatic heterocycles. The van der Waals surface area contributed by atoms with Crippen molar-refractivity contribution in [1.82, 2.24) is 15.5 Å². The molecule has 2 aromatic rings. The molecule has 26 heavy (non-hydrogen) atoms. The van der Waals surface area contributed by atoms with Crippen LogP contribution in [0, 0.1) is 0 Å². The van der Waals surface area contributed by atoms with Crippen molar-refractivity contribution in [2.24, 2.45) is 0 Å². The Morgan fingerprint density at radius 2 is 1.88 bits per heavy atom. The fourth-order valence-corrected chi connectivity index (χ4v) is 3.05. The van der Waals surface area contributed by atoms with E-state index < -0.39 is 12.8 Å². The van der Waals surface area contributed by atoms with E-state index in [1.165, 1.54) is 11.3 Å². The number of ether oxygens (including phenoxy) is 1. The Labute approximate surface area is 151 Å². The minimum absolute atomic E-state index is 0.117. The molecule has 3 rings (SSSR count). The molecule has 10 heteroatoms. The second-order valence-corrected chi connectivity index (χ2v) is 6.96. The van der Waals surface area contributed by atoms with E-state index in [4.69, 9.17) is 0 Å². The third-order valence-electron chi connectivity index (χ3n) is 3.60. The quantitative estimate of drug-likeness (QED) is 0.759. The van der Waals surface area contributed by atoms with E-state index in [1.807, 2.05) is 0 Å². The summed E-state index contributed by atoms with van der Waals surface area (Å²) >= 11 is 1.38. The monoisotopic (exact) mass is 386 g/mol. The number of rotatable bonds is 7. The number of amides is 2. The van der Waals surface area contributed by atoms with Gasteiger partial charge in [-0.2, -0.15) is 13.2 Å². The minimum Gasteiger partial charge on any atom is -0.367 e. The molecule has 0 radical (unpaired) electrons. The number of hydrogen-bond acceptors (Lipinski definition) is 5. The van der Waals surface area contributed by atoms with Gasteiger partial charge in [0.2, 0.25) is 5.13 Å². The van der Waals surface area contributed by atoms with Crippen molar-refractivity contribution in [2.45, 2.75) is 38.1 Å². The average Bonchev–Trinajstić information content (AvgIpc) is 3.33. The Bertz CT molecular complexity index is 745. The Kier molecular flexibility index (Phi) is 5.72. The fourth-order valence-electron chi connectivity index (χ4n) is 2.14. The zero-order valence-electron chi connectivity index (χ0n) is 13.7. The van der Waals surface area contributed by atoms with E-state index in [2.05, 4.69) is 25.6 Å². The first-order chi connectivity index (χ1) is 12.4. The summed E-state index contributed by atoms with van der Waals surface area (Å²) in [5.41, 5.74) is 1.44. The fraction of sp³-hybridized carbons (Fsp3) is 0.438. The summed E-state index contributed by atoms with van der Waals surface area (Å²) in [5.74, 6) is 0.490. The maximum Gasteiger partial charge on any atom is 0.411 e. The van der Waals surface area contributed by atoms with Crippen molar-refractivity contribution in [2.75, 3.05) is 11.9 Å². The van der Waals surface area contributed by atoms with E-state index in [0.717, 1.165) is 23.4 Å². The van der Waals surface area contributed by atoms with Crippen LogP contribution in [0.5, 0.6) is 0 Å². The highest BCUT2D eigenvalue weighted by Gasteiger charge is 2.28. The highest BCUT2D eigenvalue weighted by Crippen LogP contribution is 2.41. The minimum atomic E-state index is -4.33. The van der Waals surface area contributed by atoms with Crippen LogP contribution in [0.25, 0.3) is 0 Å². The molecular weight excluding hydrogens is 369 g/mol. The average molecular weight is 386 g/mol. The van der Waals surface area contributed by atoms with Gasteiger partial charge in [-0.25, -0.2) is 4.79 Å². The standard InChI is InChI=1S/C16H17F3N4O2S/c17-16(18,19)9-25-8-11-3-1-10(2-4-11)7-20-14(24)21-15-23-22-13(26-15)12-5-6-12/h1-4,12H,5-9H2,(H2,20,21,23,24). The summed E-state index contributed by atoms with van der Waals surface area (Å²) in [6.45, 7) is -1.11. The first-order valence-electron chi connectivity index (χ1n) is 7.99. The lowest BCUT2D eigenvalue weighted by atomic mass is 10.1. The predicted octanol–water partition coefficient (Wildman–Crippen LogP) is 3.82. The zero-order valence-corrected chi connectivity index (χ0v) is 14.5. The molecule has 140 valence electrons. The van der Waals surface area contributed by atoms with Crippen molar-refractivity contribution < 1.29 is 22.7 Å². The molecule has 2 N–H and O–H groups in total. The first kappa shape index (κ1) is 18.6. The lowest BCUT2D eigenvalue weighted by molar-refractivity contribution is -0.176. The summed E-state index contributed by atoms with van der Waals surface area (Å²) in [4.78, 5) is 11.9. The number of anilines is 1. The highest BCUT2D eigenvalue weighted by molar-refractivity contribution is 7.15. The lowest BCUT2D eigenvalue weighted by Gasteiger charge is -2.09. The topological polar surface area (TPSA) is 76.1 Å². The van der Waals surface area contributed by atoms with Crippen molar-refractivity contribution in [3.05, 3.63) is 40.4 Å². The number of urea groups is 1. The number of carbonyl (C=O) groups excluding carboxylic acids is 1. The van der Waals surface area contributed by atoms with Crippen molar-refractivity contribution in [3.63, 3.8) is 0 Å².